The summed E-state index contributed by atoms with van der Waals surface area (Å²) >= 11 is 0. The number of methoxy groups -OCH3 is 1. The predicted octanol–water partition coefficient (Wildman–Crippen LogP) is -0.0103. The Kier molecular flexibility index (Phi) is 3.46. The van der Waals surface area contributed by atoms with Gasteiger partial charge in [0.15, 0.2) is 6.29 Å². The van der Waals surface area contributed by atoms with Gasteiger partial charge in [0, 0.05) is 6.54 Å². The summed E-state index contributed by atoms with van der Waals surface area (Å²) in [6.45, 7) is 1.19. The molecular weight excluding hydrogens is 300 g/mol. The van der Waals surface area contributed by atoms with Gasteiger partial charge in [-0.05, 0) is 17.7 Å². The number of morpholine rings is 1. The van der Waals surface area contributed by atoms with E-state index in [0.717, 1.165) is 11.3 Å². The van der Waals surface area contributed by atoms with E-state index >= 15 is 0 Å². The minimum Gasteiger partial charge on any atom is -0.497 e. The van der Waals surface area contributed by atoms with Crippen molar-refractivity contribution >= 4 is 11.8 Å². The number of rotatable bonds is 3. The van der Waals surface area contributed by atoms with E-state index in [-0.39, 0.29) is 30.8 Å². The van der Waals surface area contributed by atoms with Crippen LogP contribution in [0.4, 0.5) is 0 Å². The molecule has 122 valence electrons. The van der Waals surface area contributed by atoms with Crippen molar-refractivity contribution in [2.45, 2.75) is 25.0 Å². The van der Waals surface area contributed by atoms with E-state index in [1.54, 1.807) is 16.9 Å². The van der Waals surface area contributed by atoms with Crippen LogP contribution in [0.1, 0.15) is 5.56 Å². The molecule has 7 nitrogen and oxygen atoms in total. The van der Waals surface area contributed by atoms with Gasteiger partial charge in [-0.1, -0.05) is 12.1 Å². The van der Waals surface area contributed by atoms with Crippen LogP contribution >= 0.6 is 0 Å². The van der Waals surface area contributed by atoms with Crippen molar-refractivity contribution in [2.75, 3.05) is 26.8 Å². The number of carbonyl (C=O) groups is 2. The molecule has 0 radical (unpaired) electrons. The highest BCUT2D eigenvalue weighted by molar-refractivity contribution is 5.95. The molecule has 3 aliphatic rings. The van der Waals surface area contributed by atoms with Gasteiger partial charge in [-0.15, -0.1) is 0 Å². The van der Waals surface area contributed by atoms with Crippen molar-refractivity contribution < 1.29 is 23.8 Å². The summed E-state index contributed by atoms with van der Waals surface area (Å²) in [5.74, 6) is 0.636. The Bertz CT molecular complexity index is 632. The average molecular weight is 318 g/mol. The second-order valence-electron chi connectivity index (χ2n) is 5.97. The Balaban J connectivity index is 1.53. The molecule has 3 fully saturated rings. The Hall–Kier alpha value is -2.12. The van der Waals surface area contributed by atoms with Gasteiger partial charge in [-0.25, -0.2) is 0 Å². The molecule has 1 aromatic carbocycles. The number of nitrogens with zero attached hydrogens (tertiary/aromatic N) is 2. The third kappa shape index (κ3) is 2.46. The lowest BCUT2D eigenvalue weighted by Crippen LogP contribution is -2.66. The molecule has 3 heterocycles. The third-order valence-corrected chi connectivity index (χ3v) is 4.55. The van der Waals surface area contributed by atoms with Crippen molar-refractivity contribution in [3.63, 3.8) is 0 Å². The van der Waals surface area contributed by atoms with Crippen LogP contribution < -0.4 is 4.74 Å². The minimum absolute atomic E-state index is 0.0492. The van der Waals surface area contributed by atoms with Gasteiger partial charge in [0.05, 0.1) is 20.3 Å². The molecule has 4 rings (SSSR count). The van der Waals surface area contributed by atoms with Crippen molar-refractivity contribution in [3.8, 4) is 5.75 Å². The van der Waals surface area contributed by atoms with Crippen LogP contribution in [0.15, 0.2) is 24.3 Å². The molecule has 7 heteroatoms. The van der Waals surface area contributed by atoms with Crippen molar-refractivity contribution in [3.05, 3.63) is 29.8 Å². The number of hydrogen-bond donors (Lipinski definition) is 0. The van der Waals surface area contributed by atoms with E-state index < -0.39 is 6.04 Å². The van der Waals surface area contributed by atoms with Crippen LogP contribution in [0.3, 0.4) is 0 Å². The van der Waals surface area contributed by atoms with Crippen LogP contribution in [0, 0.1) is 0 Å². The first-order chi connectivity index (χ1) is 11.2. The number of fused-ring (bicyclic) bond motifs is 4. The predicted molar refractivity (Wildman–Crippen MR) is 78.5 cm³/mol. The summed E-state index contributed by atoms with van der Waals surface area (Å²) in [5.41, 5.74) is 0.956. The van der Waals surface area contributed by atoms with Crippen molar-refractivity contribution in [1.82, 2.24) is 9.80 Å². The lowest BCUT2D eigenvalue weighted by Gasteiger charge is -2.44. The molecule has 3 saturated heterocycles. The van der Waals surface area contributed by atoms with Crippen molar-refractivity contribution in [1.29, 1.82) is 0 Å². The second kappa shape index (κ2) is 5.50. The number of piperazine rings is 1. The van der Waals surface area contributed by atoms with E-state index in [1.165, 1.54) is 0 Å². The number of hydrogen-bond acceptors (Lipinski definition) is 5. The normalized spacial score (nSPS) is 29.7. The van der Waals surface area contributed by atoms with Gasteiger partial charge in [-0.3, -0.25) is 9.59 Å². The van der Waals surface area contributed by atoms with Gasteiger partial charge >= 0.3 is 0 Å². The second-order valence-corrected chi connectivity index (χ2v) is 5.97. The molecule has 0 N–H and O–H groups in total. The number of amides is 2. The van der Waals surface area contributed by atoms with E-state index in [1.807, 2.05) is 24.3 Å². The molecule has 2 amide bonds. The molecular formula is C16H18N2O5. The van der Waals surface area contributed by atoms with Crippen LogP contribution in [0.25, 0.3) is 0 Å². The largest absolute Gasteiger partial charge is 0.497 e. The number of benzene rings is 1. The Morgan fingerprint density at radius 3 is 2.78 bits per heavy atom. The lowest BCUT2D eigenvalue weighted by atomic mass is 10.0. The van der Waals surface area contributed by atoms with Crippen LogP contribution in [-0.4, -0.2) is 66.9 Å². The van der Waals surface area contributed by atoms with Gasteiger partial charge < -0.3 is 24.0 Å². The van der Waals surface area contributed by atoms with Crippen molar-refractivity contribution in [2.24, 2.45) is 0 Å². The zero-order valence-electron chi connectivity index (χ0n) is 12.8. The molecule has 1 aromatic rings. The summed E-state index contributed by atoms with van der Waals surface area (Å²) in [5, 5.41) is 0. The van der Waals surface area contributed by atoms with Gasteiger partial charge in [-0.2, -0.15) is 0 Å². The summed E-state index contributed by atoms with van der Waals surface area (Å²) < 4.78 is 16.2. The monoisotopic (exact) mass is 318 g/mol. The maximum Gasteiger partial charge on any atom is 0.248 e. The Morgan fingerprint density at radius 2 is 2.04 bits per heavy atom. The first kappa shape index (κ1) is 14.5. The van der Waals surface area contributed by atoms with E-state index in [9.17, 15) is 9.59 Å². The molecule has 0 unspecified atom stereocenters. The fourth-order valence-electron chi connectivity index (χ4n) is 3.37. The molecule has 3 atom stereocenters. The first-order valence-electron chi connectivity index (χ1n) is 7.64. The SMILES string of the molecule is COc1ccc(CN2CC(=O)N3C[C@H]4OC[C@H](O4)[C@H]3C2=O)cc1. The molecule has 0 aromatic heterocycles. The van der Waals surface area contributed by atoms with E-state index in [2.05, 4.69) is 0 Å². The topological polar surface area (TPSA) is 68.3 Å². The fraction of sp³-hybridized carbons (Fsp3) is 0.500. The number of carbonyl (C=O) groups excluding carboxylic acids is 2. The fourth-order valence-corrected chi connectivity index (χ4v) is 3.37. The highest BCUT2D eigenvalue weighted by Crippen LogP contribution is 2.30. The smallest absolute Gasteiger partial charge is 0.248 e. The summed E-state index contributed by atoms with van der Waals surface area (Å²) in [7, 11) is 1.61. The number of ether oxygens (including phenoxy) is 3. The maximum atomic E-state index is 12.8. The first-order valence-corrected chi connectivity index (χ1v) is 7.64. The lowest BCUT2D eigenvalue weighted by molar-refractivity contribution is -0.181. The van der Waals surface area contributed by atoms with Crippen LogP contribution in [0.2, 0.25) is 0 Å². The van der Waals surface area contributed by atoms with Gasteiger partial charge in [0.1, 0.15) is 24.4 Å². The highest BCUT2D eigenvalue weighted by atomic mass is 16.7. The summed E-state index contributed by atoms with van der Waals surface area (Å²) in [6, 6.07) is 6.92. The molecule has 0 saturated carbocycles. The van der Waals surface area contributed by atoms with Gasteiger partial charge in [0.25, 0.3) is 0 Å². The quantitative estimate of drug-likeness (QED) is 0.784. The third-order valence-electron chi connectivity index (χ3n) is 4.55. The summed E-state index contributed by atoms with van der Waals surface area (Å²) in [4.78, 5) is 28.4. The standard InChI is InChI=1S/C16H18N2O5/c1-21-11-4-2-10(3-5-11)6-17-7-13(19)18-8-14-22-9-12(23-14)15(18)16(17)20/h2-5,12,14-15H,6-9H2,1H3/t12-,14-,15-/m0/s1. The zero-order chi connectivity index (χ0) is 16.0. The minimum atomic E-state index is -0.562. The molecule has 0 spiro atoms. The average Bonchev–Trinajstić information content (AvgIpc) is 2.94. The summed E-state index contributed by atoms with van der Waals surface area (Å²) in [6.07, 6.45) is -0.745. The highest BCUT2D eigenvalue weighted by Gasteiger charge is 2.51. The van der Waals surface area contributed by atoms with E-state index in [0.29, 0.717) is 19.7 Å². The van der Waals surface area contributed by atoms with Gasteiger partial charge in [0.2, 0.25) is 11.8 Å². The van der Waals surface area contributed by atoms with E-state index in [4.69, 9.17) is 14.2 Å². The zero-order valence-corrected chi connectivity index (χ0v) is 12.8. The van der Waals surface area contributed by atoms with Crippen LogP contribution in [-0.2, 0) is 25.6 Å². The maximum absolute atomic E-state index is 12.8. The molecule has 3 aliphatic heterocycles. The Labute approximate surface area is 133 Å². The molecule has 0 aliphatic carbocycles. The van der Waals surface area contributed by atoms with Crippen LogP contribution in [0.5, 0.6) is 5.75 Å². The Morgan fingerprint density at radius 1 is 1.26 bits per heavy atom. The molecule has 23 heavy (non-hydrogen) atoms. The molecule has 2 bridgehead atoms.